The van der Waals surface area contributed by atoms with Gasteiger partial charge in [0.1, 0.15) is 0 Å². The van der Waals surface area contributed by atoms with E-state index < -0.39 is 0 Å². The van der Waals surface area contributed by atoms with Crippen LogP contribution >= 0.6 is 0 Å². The van der Waals surface area contributed by atoms with E-state index in [1.807, 2.05) is 45.4 Å². The summed E-state index contributed by atoms with van der Waals surface area (Å²) in [5.41, 5.74) is 3.66. The van der Waals surface area contributed by atoms with Crippen LogP contribution in [0, 0.1) is 18.8 Å². The Morgan fingerprint density at radius 2 is 1.86 bits per heavy atom. The molecule has 1 heterocycles. The minimum absolute atomic E-state index is 0.0597. The molecule has 2 aromatic rings. The molecular formula is C25H37N3O. The molecule has 0 aliphatic heterocycles. The first-order valence-electron chi connectivity index (χ1n) is 10.5. The normalized spacial score (nSPS) is 12.3. The standard InChI is InChI=1S/C11H16N2O.C10H15N.C4H6/c1-3-4-5-10-8(2)12-11(14)13(10)9-6-7-9;1-11-9-5-8-10-6-3-2-4-7-10;1-3-4-2/h3-4,9H,5-7H2,1-2H3,(H,12,14);2-4,6-7,11H,5,8-9H2,1H3;1-2H3/b4-3-;;. The van der Waals surface area contributed by atoms with Crippen molar-refractivity contribution in [3.63, 3.8) is 0 Å². The number of aryl methyl sites for hydroxylation is 2. The van der Waals surface area contributed by atoms with Crippen molar-refractivity contribution in [2.45, 2.75) is 65.8 Å². The van der Waals surface area contributed by atoms with Gasteiger partial charge in [-0.2, -0.15) is 0 Å². The molecule has 29 heavy (non-hydrogen) atoms. The molecule has 0 saturated heterocycles. The van der Waals surface area contributed by atoms with Gasteiger partial charge in [-0.05, 0) is 72.5 Å². The predicted molar refractivity (Wildman–Crippen MR) is 124 cm³/mol. The third-order valence-corrected chi connectivity index (χ3v) is 4.68. The van der Waals surface area contributed by atoms with E-state index in [0.29, 0.717) is 6.04 Å². The Hall–Kier alpha value is -2.51. The van der Waals surface area contributed by atoms with Crippen LogP contribution in [-0.2, 0) is 12.8 Å². The Bertz CT molecular complexity index is 824. The Morgan fingerprint density at radius 3 is 2.38 bits per heavy atom. The molecule has 0 unspecified atom stereocenters. The summed E-state index contributed by atoms with van der Waals surface area (Å²) in [4.78, 5) is 14.5. The monoisotopic (exact) mass is 395 g/mol. The highest BCUT2D eigenvalue weighted by molar-refractivity contribution is 5.17. The van der Waals surface area contributed by atoms with Crippen molar-refractivity contribution in [1.29, 1.82) is 0 Å². The third kappa shape index (κ3) is 9.49. The van der Waals surface area contributed by atoms with E-state index in [1.54, 1.807) is 0 Å². The molecule has 4 heteroatoms. The predicted octanol–water partition coefficient (Wildman–Crippen LogP) is 4.81. The smallest absolute Gasteiger partial charge is 0.320 e. The molecule has 0 bridgehead atoms. The summed E-state index contributed by atoms with van der Waals surface area (Å²) in [7, 11) is 1.99. The average molecular weight is 396 g/mol. The van der Waals surface area contributed by atoms with Crippen molar-refractivity contribution >= 4 is 0 Å². The molecule has 1 aliphatic carbocycles. The first-order valence-corrected chi connectivity index (χ1v) is 10.5. The van der Waals surface area contributed by atoms with E-state index in [0.717, 1.165) is 37.2 Å². The Labute approximate surface area is 176 Å². The van der Waals surface area contributed by atoms with Crippen molar-refractivity contribution < 1.29 is 0 Å². The fourth-order valence-electron chi connectivity index (χ4n) is 2.91. The maximum absolute atomic E-state index is 11.6. The molecular weight excluding hydrogens is 358 g/mol. The molecule has 1 aromatic heterocycles. The van der Waals surface area contributed by atoms with Crippen molar-refractivity contribution in [2.24, 2.45) is 0 Å². The number of hydrogen-bond acceptors (Lipinski definition) is 2. The molecule has 1 aromatic carbocycles. The van der Waals surface area contributed by atoms with Gasteiger partial charge in [0.2, 0.25) is 0 Å². The fourth-order valence-corrected chi connectivity index (χ4v) is 2.91. The number of aromatic amines is 1. The van der Waals surface area contributed by atoms with Crippen molar-refractivity contribution in [3.05, 3.63) is 69.9 Å². The van der Waals surface area contributed by atoms with Gasteiger partial charge < -0.3 is 10.3 Å². The van der Waals surface area contributed by atoms with E-state index in [-0.39, 0.29) is 5.69 Å². The number of allylic oxidation sites excluding steroid dienone is 2. The molecule has 1 fully saturated rings. The second-order valence-corrected chi connectivity index (χ2v) is 7.07. The zero-order valence-corrected chi connectivity index (χ0v) is 18.7. The summed E-state index contributed by atoms with van der Waals surface area (Å²) < 4.78 is 1.93. The lowest BCUT2D eigenvalue weighted by Gasteiger charge is -2.03. The lowest BCUT2D eigenvalue weighted by Crippen LogP contribution is -2.17. The van der Waals surface area contributed by atoms with Gasteiger partial charge in [0.05, 0.1) is 0 Å². The van der Waals surface area contributed by atoms with Crippen LogP contribution in [0.4, 0.5) is 0 Å². The minimum Gasteiger partial charge on any atom is -0.320 e. The summed E-state index contributed by atoms with van der Waals surface area (Å²) in [5, 5.41) is 3.14. The summed E-state index contributed by atoms with van der Waals surface area (Å²) in [5.74, 6) is 5.36. The van der Waals surface area contributed by atoms with Crippen LogP contribution < -0.4 is 11.0 Å². The molecule has 0 amide bonds. The van der Waals surface area contributed by atoms with E-state index >= 15 is 0 Å². The molecule has 0 radical (unpaired) electrons. The SMILES string of the molecule is C/C=C\Cc1c(C)[nH]c(=O)n1C1CC1.CC#CC.CNCCCc1ccccc1. The summed E-state index contributed by atoms with van der Waals surface area (Å²) in [6.07, 6.45) is 9.68. The summed E-state index contributed by atoms with van der Waals surface area (Å²) in [6, 6.07) is 11.1. The van der Waals surface area contributed by atoms with Crippen LogP contribution in [0.1, 0.15) is 63.0 Å². The van der Waals surface area contributed by atoms with Crippen LogP contribution in [0.15, 0.2) is 47.3 Å². The maximum atomic E-state index is 11.6. The van der Waals surface area contributed by atoms with Crippen LogP contribution in [0.5, 0.6) is 0 Å². The number of rotatable bonds is 7. The van der Waals surface area contributed by atoms with Crippen LogP contribution in [0.3, 0.4) is 0 Å². The van der Waals surface area contributed by atoms with Gasteiger partial charge >= 0.3 is 5.69 Å². The van der Waals surface area contributed by atoms with Crippen molar-refractivity contribution in [1.82, 2.24) is 14.9 Å². The van der Waals surface area contributed by atoms with Crippen LogP contribution in [0.25, 0.3) is 0 Å². The lowest BCUT2D eigenvalue weighted by atomic mass is 10.1. The first-order chi connectivity index (χ1) is 14.1. The average Bonchev–Trinajstić information content (AvgIpc) is 3.53. The first kappa shape index (κ1) is 24.5. The van der Waals surface area contributed by atoms with Crippen molar-refractivity contribution in [2.75, 3.05) is 13.6 Å². The number of benzene rings is 1. The third-order valence-electron chi connectivity index (χ3n) is 4.68. The molecule has 2 N–H and O–H groups in total. The second kappa shape index (κ2) is 14.5. The second-order valence-electron chi connectivity index (χ2n) is 7.07. The van der Waals surface area contributed by atoms with E-state index in [1.165, 1.54) is 18.4 Å². The molecule has 0 atom stereocenters. The number of aromatic nitrogens is 2. The Kier molecular flexibility index (Phi) is 12.2. The highest BCUT2D eigenvalue weighted by atomic mass is 16.1. The zero-order chi connectivity index (χ0) is 21.5. The number of hydrogen-bond donors (Lipinski definition) is 2. The topological polar surface area (TPSA) is 49.8 Å². The molecule has 1 saturated carbocycles. The molecule has 4 nitrogen and oxygen atoms in total. The van der Waals surface area contributed by atoms with Crippen LogP contribution in [0.2, 0.25) is 0 Å². The number of nitrogens with one attached hydrogen (secondary N) is 2. The maximum Gasteiger partial charge on any atom is 0.326 e. The summed E-state index contributed by atoms with van der Waals surface area (Å²) in [6.45, 7) is 8.72. The highest BCUT2D eigenvalue weighted by Gasteiger charge is 2.28. The quantitative estimate of drug-likeness (QED) is 0.402. The van der Waals surface area contributed by atoms with Crippen molar-refractivity contribution in [3.8, 4) is 11.8 Å². The van der Waals surface area contributed by atoms with E-state index in [4.69, 9.17) is 0 Å². The van der Waals surface area contributed by atoms with Gasteiger partial charge in [0.25, 0.3) is 0 Å². The van der Waals surface area contributed by atoms with Gasteiger partial charge in [-0.3, -0.25) is 4.57 Å². The Balaban J connectivity index is 0.000000251. The number of H-pyrrole nitrogens is 1. The zero-order valence-electron chi connectivity index (χ0n) is 18.7. The van der Waals surface area contributed by atoms with E-state index in [9.17, 15) is 4.79 Å². The largest absolute Gasteiger partial charge is 0.326 e. The van der Waals surface area contributed by atoms with Gasteiger partial charge in [0, 0.05) is 23.9 Å². The van der Waals surface area contributed by atoms with E-state index in [2.05, 4.69) is 58.5 Å². The highest BCUT2D eigenvalue weighted by Crippen LogP contribution is 2.35. The summed E-state index contributed by atoms with van der Waals surface area (Å²) >= 11 is 0. The van der Waals surface area contributed by atoms with Gasteiger partial charge in [-0.15, -0.1) is 11.8 Å². The van der Waals surface area contributed by atoms with Gasteiger partial charge in [-0.25, -0.2) is 4.79 Å². The van der Waals surface area contributed by atoms with Crippen LogP contribution in [-0.4, -0.2) is 23.1 Å². The number of nitrogens with zero attached hydrogens (tertiary/aromatic N) is 1. The Morgan fingerprint density at radius 1 is 1.21 bits per heavy atom. The van der Waals surface area contributed by atoms with Gasteiger partial charge in [-0.1, -0.05) is 42.5 Å². The van der Waals surface area contributed by atoms with Gasteiger partial charge in [0.15, 0.2) is 0 Å². The molecule has 1 aliphatic rings. The molecule has 158 valence electrons. The fraction of sp³-hybridized carbons (Fsp3) is 0.480. The minimum atomic E-state index is 0.0597. The molecule has 0 spiro atoms. The number of imidazole rings is 1. The lowest BCUT2D eigenvalue weighted by molar-refractivity contribution is 0.678. The molecule has 3 rings (SSSR count).